The van der Waals surface area contributed by atoms with Crippen molar-refractivity contribution < 1.29 is 8.42 Å². The van der Waals surface area contributed by atoms with Crippen LogP contribution in [0.3, 0.4) is 0 Å². The molecule has 1 N–H and O–H groups in total. The van der Waals surface area contributed by atoms with Crippen LogP contribution in [-0.2, 0) is 16.3 Å². The second-order valence-corrected chi connectivity index (χ2v) is 9.16. The Kier molecular flexibility index (Phi) is 6.42. The van der Waals surface area contributed by atoms with Gasteiger partial charge in [-0.2, -0.15) is 0 Å². The Balaban J connectivity index is 2.09. The molecule has 1 atom stereocenters. The van der Waals surface area contributed by atoms with Crippen molar-refractivity contribution >= 4 is 9.84 Å². The Labute approximate surface area is 141 Å². The van der Waals surface area contributed by atoms with Gasteiger partial charge in [-0.15, -0.1) is 6.58 Å². The highest BCUT2D eigenvalue weighted by Crippen LogP contribution is 2.24. The van der Waals surface area contributed by atoms with E-state index in [1.54, 1.807) is 18.2 Å². The van der Waals surface area contributed by atoms with Crippen LogP contribution in [0.1, 0.15) is 38.7 Å². The van der Waals surface area contributed by atoms with Crippen LogP contribution in [0.25, 0.3) is 0 Å². The average Bonchev–Trinajstić information content (AvgIpc) is 2.54. The standard InChI is InChI=1S/C19H29NO2S/c1-4-18(13-15(2)3)23(21,22)19-7-5-16(6-8-19)14-17-9-11-20-12-10-17/h4-8,15,17-18,20H,1,9-14H2,2-3H3. The molecule has 1 unspecified atom stereocenters. The monoisotopic (exact) mass is 335 g/mol. The van der Waals surface area contributed by atoms with Gasteiger partial charge in [0.25, 0.3) is 0 Å². The third-order valence-electron chi connectivity index (χ3n) is 4.60. The summed E-state index contributed by atoms with van der Waals surface area (Å²) in [5.41, 5.74) is 1.23. The first-order valence-electron chi connectivity index (χ1n) is 8.59. The van der Waals surface area contributed by atoms with Gasteiger partial charge in [0.1, 0.15) is 0 Å². The van der Waals surface area contributed by atoms with Gasteiger partial charge in [0.2, 0.25) is 0 Å². The molecule has 3 nitrogen and oxygen atoms in total. The molecule has 0 aromatic heterocycles. The Bertz CT molecular complexity index is 599. The van der Waals surface area contributed by atoms with Gasteiger partial charge in [0.05, 0.1) is 10.1 Å². The van der Waals surface area contributed by atoms with Gasteiger partial charge in [-0.05, 0) is 68.3 Å². The second-order valence-electron chi connectivity index (χ2n) is 6.99. The summed E-state index contributed by atoms with van der Waals surface area (Å²) in [7, 11) is -3.32. The van der Waals surface area contributed by atoms with Crippen LogP contribution in [0.15, 0.2) is 41.8 Å². The number of rotatable bonds is 7. The summed E-state index contributed by atoms with van der Waals surface area (Å²) in [5.74, 6) is 1.03. The molecular formula is C19H29NO2S. The van der Waals surface area contributed by atoms with Crippen molar-refractivity contribution in [3.8, 4) is 0 Å². The predicted octanol–water partition coefficient (Wildman–Crippen LogP) is 3.60. The summed E-state index contributed by atoms with van der Waals surface area (Å²) in [6.07, 6.45) is 5.62. The van der Waals surface area contributed by atoms with Gasteiger partial charge < -0.3 is 5.32 Å². The first kappa shape index (κ1) is 18.2. The van der Waals surface area contributed by atoms with E-state index in [4.69, 9.17) is 0 Å². The van der Waals surface area contributed by atoms with Crippen LogP contribution in [0, 0.1) is 11.8 Å². The first-order valence-corrected chi connectivity index (χ1v) is 10.1. The lowest BCUT2D eigenvalue weighted by Crippen LogP contribution is -2.28. The van der Waals surface area contributed by atoms with E-state index in [9.17, 15) is 8.42 Å². The SMILES string of the molecule is C=CC(CC(C)C)S(=O)(=O)c1ccc(CC2CCNCC2)cc1. The van der Waals surface area contributed by atoms with Crippen molar-refractivity contribution in [1.29, 1.82) is 0 Å². The molecule has 1 aromatic carbocycles. The van der Waals surface area contributed by atoms with Gasteiger partial charge in [-0.3, -0.25) is 0 Å². The molecule has 1 aliphatic rings. The van der Waals surface area contributed by atoms with E-state index in [0.717, 1.165) is 19.5 Å². The molecule has 23 heavy (non-hydrogen) atoms. The summed E-state index contributed by atoms with van der Waals surface area (Å²) in [6.45, 7) is 9.97. The molecule has 1 aromatic rings. The number of benzene rings is 1. The number of piperidine rings is 1. The maximum absolute atomic E-state index is 12.7. The molecule has 1 aliphatic heterocycles. The molecule has 128 valence electrons. The molecule has 0 amide bonds. The fourth-order valence-electron chi connectivity index (χ4n) is 3.22. The lowest BCUT2D eigenvalue weighted by molar-refractivity contribution is 0.372. The molecule has 0 radical (unpaired) electrons. The second kappa shape index (κ2) is 8.11. The molecule has 0 aliphatic carbocycles. The lowest BCUT2D eigenvalue weighted by Gasteiger charge is -2.22. The van der Waals surface area contributed by atoms with E-state index in [0.29, 0.717) is 23.2 Å². The summed E-state index contributed by atoms with van der Waals surface area (Å²) in [6, 6.07) is 7.49. The fraction of sp³-hybridized carbons (Fsp3) is 0.579. The van der Waals surface area contributed by atoms with Crippen molar-refractivity contribution in [1.82, 2.24) is 5.32 Å². The van der Waals surface area contributed by atoms with Crippen molar-refractivity contribution in [3.05, 3.63) is 42.5 Å². The van der Waals surface area contributed by atoms with Crippen molar-refractivity contribution in [2.45, 2.75) is 49.7 Å². The molecule has 1 heterocycles. The highest BCUT2D eigenvalue weighted by molar-refractivity contribution is 7.92. The maximum atomic E-state index is 12.7. The summed E-state index contributed by atoms with van der Waals surface area (Å²) < 4.78 is 25.4. The number of sulfone groups is 1. The number of nitrogens with one attached hydrogen (secondary N) is 1. The lowest BCUT2D eigenvalue weighted by atomic mass is 9.91. The van der Waals surface area contributed by atoms with Gasteiger partial charge >= 0.3 is 0 Å². The van der Waals surface area contributed by atoms with Crippen LogP contribution in [0.5, 0.6) is 0 Å². The third-order valence-corrected chi connectivity index (χ3v) is 6.71. The predicted molar refractivity (Wildman–Crippen MR) is 96.4 cm³/mol. The molecule has 4 heteroatoms. The molecule has 0 spiro atoms. The van der Waals surface area contributed by atoms with E-state index in [-0.39, 0.29) is 0 Å². The van der Waals surface area contributed by atoms with Crippen molar-refractivity contribution in [2.24, 2.45) is 11.8 Å². The van der Waals surface area contributed by atoms with E-state index in [1.807, 2.05) is 26.0 Å². The fourth-order valence-corrected chi connectivity index (χ4v) is 4.98. The molecule has 1 fully saturated rings. The van der Waals surface area contributed by atoms with Crippen LogP contribution in [0.2, 0.25) is 0 Å². The van der Waals surface area contributed by atoms with Gasteiger partial charge in [-0.25, -0.2) is 8.42 Å². The summed E-state index contributed by atoms with van der Waals surface area (Å²) in [5, 5.41) is 2.87. The zero-order chi connectivity index (χ0) is 16.9. The van der Waals surface area contributed by atoms with Crippen LogP contribution in [-0.4, -0.2) is 26.8 Å². The minimum Gasteiger partial charge on any atom is -0.317 e. The molecule has 0 saturated carbocycles. The minimum atomic E-state index is -3.32. The minimum absolute atomic E-state index is 0.326. The Morgan fingerprint density at radius 2 is 1.83 bits per heavy atom. The summed E-state index contributed by atoms with van der Waals surface area (Å²) >= 11 is 0. The van der Waals surface area contributed by atoms with Gasteiger partial charge in [0.15, 0.2) is 9.84 Å². The maximum Gasteiger partial charge on any atom is 0.184 e. The Morgan fingerprint density at radius 3 is 2.35 bits per heavy atom. The highest BCUT2D eigenvalue weighted by atomic mass is 32.2. The number of hydrogen-bond acceptors (Lipinski definition) is 3. The van der Waals surface area contributed by atoms with E-state index in [2.05, 4.69) is 11.9 Å². The highest BCUT2D eigenvalue weighted by Gasteiger charge is 2.25. The summed E-state index contributed by atoms with van der Waals surface area (Å²) in [4.78, 5) is 0.414. The van der Waals surface area contributed by atoms with Crippen LogP contribution < -0.4 is 5.32 Å². The van der Waals surface area contributed by atoms with E-state index >= 15 is 0 Å². The van der Waals surface area contributed by atoms with Crippen LogP contribution in [0.4, 0.5) is 0 Å². The molecule has 1 saturated heterocycles. The van der Waals surface area contributed by atoms with Gasteiger partial charge in [0, 0.05) is 0 Å². The quantitative estimate of drug-likeness (QED) is 0.774. The van der Waals surface area contributed by atoms with Crippen molar-refractivity contribution in [2.75, 3.05) is 13.1 Å². The van der Waals surface area contributed by atoms with Crippen molar-refractivity contribution in [3.63, 3.8) is 0 Å². The van der Waals surface area contributed by atoms with Crippen LogP contribution >= 0.6 is 0 Å². The first-order chi connectivity index (χ1) is 10.9. The smallest absolute Gasteiger partial charge is 0.184 e. The largest absolute Gasteiger partial charge is 0.317 e. The van der Waals surface area contributed by atoms with E-state index in [1.165, 1.54) is 18.4 Å². The van der Waals surface area contributed by atoms with E-state index < -0.39 is 15.1 Å². The third kappa shape index (κ3) is 4.92. The zero-order valence-electron chi connectivity index (χ0n) is 14.3. The zero-order valence-corrected chi connectivity index (χ0v) is 15.1. The molecule has 0 bridgehead atoms. The normalized spacial score (nSPS) is 18.0. The van der Waals surface area contributed by atoms with Gasteiger partial charge in [-0.1, -0.05) is 32.1 Å². The Morgan fingerprint density at radius 1 is 1.22 bits per heavy atom. The topological polar surface area (TPSA) is 46.2 Å². The Hall–Kier alpha value is -1.13. The molecular weight excluding hydrogens is 306 g/mol. The molecule has 2 rings (SSSR count). The number of hydrogen-bond donors (Lipinski definition) is 1. The average molecular weight is 336 g/mol.